The second kappa shape index (κ2) is 10.5. The number of amides is 1. The lowest BCUT2D eigenvalue weighted by molar-refractivity contribution is -0.0663. The molecule has 2 fully saturated rings. The number of nitrogens with zero attached hydrogens (tertiary/aromatic N) is 3. The first kappa shape index (κ1) is 23.6. The highest BCUT2D eigenvalue weighted by Crippen LogP contribution is 2.27. The number of ether oxygens (including phenoxy) is 3. The van der Waals surface area contributed by atoms with Crippen molar-refractivity contribution in [3.8, 4) is 5.88 Å². The smallest absolute Gasteiger partial charge is 0.410 e. The molecule has 2 heterocycles. The Balaban J connectivity index is 1.37. The Hall–Kier alpha value is -2.01. The van der Waals surface area contributed by atoms with Crippen LogP contribution in [0.5, 0.6) is 5.88 Å². The molecular formula is C20H30FN3O6S. The predicted octanol–water partition coefficient (Wildman–Crippen LogP) is 2.55. The van der Waals surface area contributed by atoms with Gasteiger partial charge in [-0.3, -0.25) is 0 Å². The Morgan fingerprint density at radius 1 is 1.10 bits per heavy atom. The number of hydrogen-bond acceptors (Lipinski definition) is 8. The number of likely N-dealkylation sites (tertiary alicyclic amines) is 1. The molecule has 0 bridgehead atoms. The SMILES string of the molecule is C[C@H](CF)OC(=O)N1CCC(O[C@H]2CC[C@H](Oc3cnc(S(C)(=O)=O)cn3)CC2)CC1. The number of carbonyl (C=O) groups excluding carboxylic acids is 1. The number of piperidine rings is 1. The van der Waals surface area contributed by atoms with Crippen molar-refractivity contribution >= 4 is 15.9 Å². The van der Waals surface area contributed by atoms with Crippen LogP contribution in [0.4, 0.5) is 9.18 Å². The number of hydrogen-bond donors (Lipinski definition) is 0. The summed E-state index contributed by atoms with van der Waals surface area (Å²) in [7, 11) is -3.38. The monoisotopic (exact) mass is 459 g/mol. The van der Waals surface area contributed by atoms with Crippen LogP contribution in [0.25, 0.3) is 0 Å². The van der Waals surface area contributed by atoms with E-state index in [1.165, 1.54) is 19.3 Å². The molecule has 174 valence electrons. The van der Waals surface area contributed by atoms with Crippen LogP contribution in [0.15, 0.2) is 17.4 Å². The van der Waals surface area contributed by atoms with Gasteiger partial charge in [0, 0.05) is 19.3 Å². The molecule has 0 unspecified atom stereocenters. The quantitative estimate of drug-likeness (QED) is 0.612. The van der Waals surface area contributed by atoms with Crippen molar-refractivity contribution in [3.05, 3.63) is 12.4 Å². The Bertz CT molecular complexity index is 822. The predicted molar refractivity (Wildman–Crippen MR) is 109 cm³/mol. The first-order chi connectivity index (χ1) is 14.7. The van der Waals surface area contributed by atoms with E-state index in [0.717, 1.165) is 44.8 Å². The number of alkyl halides is 1. The summed E-state index contributed by atoms with van der Waals surface area (Å²) in [4.78, 5) is 21.5. The fourth-order valence-electron chi connectivity index (χ4n) is 3.74. The Morgan fingerprint density at radius 3 is 2.26 bits per heavy atom. The molecule has 1 aromatic heterocycles. The Labute approximate surface area is 182 Å². The largest absolute Gasteiger partial charge is 0.473 e. The molecule has 1 aliphatic heterocycles. The van der Waals surface area contributed by atoms with Crippen molar-refractivity contribution in [2.45, 2.75) is 74.9 Å². The van der Waals surface area contributed by atoms with Gasteiger partial charge < -0.3 is 19.1 Å². The van der Waals surface area contributed by atoms with Crippen LogP contribution in [0, 0.1) is 0 Å². The topological polar surface area (TPSA) is 108 Å². The minimum atomic E-state index is -3.38. The van der Waals surface area contributed by atoms with Gasteiger partial charge in [-0.05, 0) is 45.4 Å². The van der Waals surface area contributed by atoms with Gasteiger partial charge in [0.15, 0.2) is 14.9 Å². The molecule has 9 nitrogen and oxygen atoms in total. The summed E-state index contributed by atoms with van der Waals surface area (Å²) < 4.78 is 52.5. The standard InChI is InChI=1S/C20H30FN3O6S/c1-14(11-21)28-20(25)24-9-7-17(8-10-24)29-15-3-5-16(6-4-15)30-18-12-23-19(13-22-18)31(2,26)27/h12-17H,3-11H2,1-2H3/t14-,15-,16-/m1/s1. The summed E-state index contributed by atoms with van der Waals surface area (Å²) in [5.41, 5.74) is 0. The number of aromatic nitrogens is 2. The van der Waals surface area contributed by atoms with Crippen LogP contribution in [-0.2, 0) is 19.3 Å². The van der Waals surface area contributed by atoms with Gasteiger partial charge in [-0.1, -0.05) is 0 Å². The zero-order valence-corrected chi connectivity index (χ0v) is 18.7. The first-order valence-electron chi connectivity index (χ1n) is 10.6. The van der Waals surface area contributed by atoms with Crippen LogP contribution in [0.1, 0.15) is 45.4 Å². The van der Waals surface area contributed by atoms with Crippen LogP contribution >= 0.6 is 0 Å². The second-order valence-electron chi connectivity index (χ2n) is 8.15. The van der Waals surface area contributed by atoms with E-state index in [2.05, 4.69) is 9.97 Å². The van der Waals surface area contributed by atoms with Crippen LogP contribution in [-0.4, -0.2) is 79.8 Å². The zero-order chi connectivity index (χ0) is 22.4. The molecule has 0 spiro atoms. The molecule has 31 heavy (non-hydrogen) atoms. The molecule has 0 N–H and O–H groups in total. The minimum absolute atomic E-state index is 0.00709. The van der Waals surface area contributed by atoms with Gasteiger partial charge in [-0.2, -0.15) is 0 Å². The van der Waals surface area contributed by atoms with Gasteiger partial charge in [-0.25, -0.2) is 27.6 Å². The number of sulfone groups is 1. The van der Waals surface area contributed by atoms with E-state index in [1.54, 1.807) is 4.90 Å². The average Bonchev–Trinajstić information content (AvgIpc) is 2.75. The first-order valence-corrected chi connectivity index (χ1v) is 12.5. The maximum Gasteiger partial charge on any atom is 0.410 e. The normalized spacial score (nSPS) is 23.9. The van der Waals surface area contributed by atoms with Crippen molar-refractivity contribution in [1.29, 1.82) is 0 Å². The van der Waals surface area contributed by atoms with Crippen molar-refractivity contribution in [1.82, 2.24) is 14.9 Å². The molecule has 3 rings (SSSR count). The summed E-state index contributed by atoms with van der Waals surface area (Å²) >= 11 is 0. The number of carbonyl (C=O) groups is 1. The maximum absolute atomic E-state index is 12.5. The molecule has 1 saturated heterocycles. The molecule has 0 radical (unpaired) electrons. The van der Waals surface area contributed by atoms with Gasteiger partial charge in [0.2, 0.25) is 5.88 Å². The van der Waals surface area contributed by atoms with Gasteiger partial charge in [0.05, 0.1) is 24.6 Å². The highest BCUT2D eigenvalue weighted by molar-refractivity contribution is 7.90. The summed E-state index contributed by atoms with van der Waals surface area (Å²) in [6, 6.07) is 0. The third kappa shape index (κ3) is 6.99. The highest BCUT2D eigenvalue weighted by Gasteiger charge is 2.29. The third-order valence-corrected chi connectivity index (χ3v) is 6.47. The summed E-state index contributed by atoms with van der Waals surface area (Å²) in [6.45, 7) is 1.94. The van der Waals surface area contributed by atoms with E-state index < -0.39 is 28.7 Å². The molecule has 1 atom stereocenters. The minimum Gasteiger partial charge on any atom is -0.473 e. The van der Waals surface area contributed by atoms with E-state index in [1.807, 2.05) is 0 Å². The molecule has 1 amide bonds. The molecule has 1 aliphatic carbocycles. The van der Waals surface area contributed by atoms with Crippen molar-refractivity contribution in [2.75, 3.05) is 26.0 Å². The third-order valence-electron chi connectivity index (χ3n) is 5.50. The molecule has 0 aromatic carbocycles. The van der Waals surface area contributed by atoms with Crippen LogP contribution < -0.4 is 4.74 Å². The zero-order valence-electron chi connectivity index (χ0n) is 17.9. The molecule has 1 saturated carbocycles. The molecular weight excluding hydrogens is 429 g/mol. The van der Waals surface area contributed by atoms with Gasteiger partial charge in [0.1, 0.15) is 18.9 Å². The van der Waals surface area contributed by atoms with E-state index in [0.29, 0.717) is 19.0 Å². The lowest BCUT2D eigenvalue weighted by Crippen LogP contribution is -2.43. The fraction of sp³-hybridized carbons (Fsp3) is 0.750. The maximum atomic E-state index is 12.5. The molecule has 11 heteroatoms. The van der Waals surface area contributed by atoms with Crippen molar-refractivity contribution in [2.24, 2.45) is 0 Å². The van der Waals surface area contributed by atoms with Gasteiger partial charge >= 0.3 is 6.09 Å². The lowest BCUT2D eigenvalue weighted by atomic mass is 9.94. The van der Waals surface area contributed by atoms with Crippen molar-refractivity contribution in [3.63, 3.8) is 0 Å². The van der Waals surface area contributed by atoms with Crippen molar-refractivity contribution < 1.29 is 31.8 Å². The van der Waals surface area contributed by atoms with E-state index in [4.69, 9.17) is 14.2 Å². The van der Waals surface area contributed by atoms with E-state index >= 15 is 0 Å². The highest BCUT2D eigenvalue weighted by atomic mass is 32.2. The summed E-state index contributed by atoms with van der Waals surface area (Å²) in [5, 5.41) is -0.0757. The van der Waals surface area contributed by atoms with Gasteiger partial charge in [-0.15, -0.1) is 0 Å². The Kier molecular flexibility index (Phi) is 8.04. The second-order valence-corrected chi connectivity index (χ2v) is 10.1. The Morgan fingerprint density at radius 2 is 1.71 bits per heavy atom. The van der Waals surface area contributed by atoms with Crippen LogP contribution in [0.3, 0.4) is 0 Å². The number of rotatable bonds is 7. The lowest BCUT2D eigenvalue weighted by Gasteiger charge is -2.35. The average molecular weight is 460 g/mol. The van der Waals surface area contributed by atoms with Gasteiger partial charge in [0.25, 0.3) is 0 Å². The molecule has 2 aliphatic rings. The van der Waals surface area contributed by atoms with Crippen LogP contribution in [0.2, 0.25) is 0 Å². The summed E-state index contributed by atoms with van der Waals surface area (Å²) in [5.74, 6) is 0.318. The summed E-state index contributed by atoms with van der Waals surface area (Å²) in [6.07, 6.45) is 7.49. The molecule has 1 aromatic rings. The fourth-order valence-corrected chi connectivity index (χ4v) is 4.23. The number of halogens is 1. The van der Waals surface area contributed by atoms with E-state index in [-0.39, 0.29) is 23.3 Å². The van der Waals surface area contributed by atoms with E-state index in [9.17, 15) is 17.6 Å².